The molecule has 0 N–H and O–H groups in total. The molecule has 3 aromatic rings. The Hall–Kier alpha value is -1.77. The summed E-state index contributed by atoms with van der Waals surface area (Å²) in [6, 6.07) is 11.3. The van der Waals surface area contributed by atoms with Crippen LogP contribution in [0, 0.1) is 0 Å². The molecule has 0 bridgehead atoms. The number of hydrogen-bond acceptors (Lipinski definition) is 5. The molecule has 0 saturated heterocycles. The maximum atomic E-state index is 12.7. The van der Waals surface area contributed by atoms with Crippen LogP contribution in [0.15, 0.2) is 45.9 Å². The van der Waals surface area contributed by atoms with Gasteiger partial charge in [-0.3, -0.25) is 4.79 Å². The zero-order valence-corrected chi connectivity index (χ0v) is 17.1. The quantitative estimate of drug-likeness (QED) is 0.594. The first-order valence-electron chi connectivity index (χ1n) is 7.92. The Morgan fingerprint density at radius 3 is 2.96 bits per heavy atom. The molecule has 0 unspecified atom stereocenters. The summed E-state index contributed by atoms with van der Waals surface area (Å²) < 4.78 is 14.9. The Bertz CT molecular complexity index is 1060. The van der Waals surface area contributed by atoms with Crippen molar-refractivity contribution < 1.29 is 14.3 Å². The van der Waals surface area contributed by atoms with E-state index in [1.165, 1.54) is 11.3 Å². The van der Waals surface area contributed by atoms with Gasteiger partial charge in [0.1, 0.15) is 0 Å². The smallest absolute Gasteiger partial charge is 0.279 e. The molecule has 1 aliphatic rings. The Labute approximate surface area is 166 Å². The number of aromatic nitrogens is 1. The number of amides is 1. The summed E-state index contributed by atoms with van der Waals surface area (Å²) in [5, 5.41) is 0. The minimum Gasteiger partial charge on any atom is -0.454 e. The number of rotatable bonds is 4. The van der Waals surface area contributed by atoms with Crippen LogP contribution in [0.3, 0.4) is 0 Å². The van der Waals surface area contributed by atoms with Gasteiger partial charge in [0.25, 0.3) is 5.91 Å². The number of thiazole rings is 1. The Morgan fingerprint density at radius 2 is 2.12 bits per heavy atom. The average molecular weight is 451 g/mol. The van der Waals surface area contributed by atoms with Crippen molar-refractivity contribution in [3.05, 3.63) is 51.2 Å². The summed E-state index contributed by atoms with van der Waals surface area (Å²) in [4.78, 5) is 17.8. The number of halogens is 1. The van der Waals surface area contributed by atoms with E-state index in [-0.39, 0.29) is 12.7 Å². The number of hydrogen-bond donors (Lipinski definition) is 0. The lowest BCUT2D eigenvalue weighted by molar-refractivity contribution is 0.0997. The minimum absolute atomic E-state index is 0.185. The van der Waals surface area contributed by atoms with E-state index in [0.29, 0.717) is 21.9 Å². The standard InChI is InChI=1S/C18H15BrN2O3S2/c1-25-7-6-21-13-4-3-12(19)9-16(13)26-18(21)20-17(22)11-2-5-14-15(8-11)24-10-23-14/h2-5,8-9H,6-7,10H2,1H3. The minimum atomic E-state index is -0.285. The molecule has 2 aromatic carbocycles. The highest BCUT2D eigenvalue weighted by Crippen LogP contribution is 2.32. The van der Waals surface area contributed by atoms with E-state index >= 15 is 0 Å². The fourth-order valence-corrected chi connectivity index (χ4v) is 4.68. The SMILES string of the molecule is CSCCn1c(=NC(=O)c2ccc3c(c2)OCO3)sc2cc(Br)ccc21. The molecular formula is C18H15BrN2O3S2. The Balaban J connectivity index is 1.77. The van der Waals surface area contributed by atoms with Crippen molar-refractivity contribution in [2.24, 2.45) is 4.99 Å². The fraction of sp³-hybridized carbons (Fsp3) is 0.222. The van der Waals surface area contributed by atoms with Gasteiger partial charge < -0.3 is 14.0 Å². The highest BCUT2D eigenvalue weighted by molar-refractivity contribution is 9.10. The summed E-state index contributed by atoms with van der Waals surface area (Å²) >= 11 is 6.79. The molecule has 0 fully saturated rings. The third kappa shape index (κ3) is 3.41. The normalized spacial score (nSPS) is 13.5. The van der Waals surface area contributed by atoms with Gasteiger partial charge in [-0.25, -0.2) is 0 Å². The predicted octanol–water partition coefficient (Wildman–Crippen LogP) is 4.30. The molecule has 4 rings (SSSR count). The molecule has 0 radical (unpaired) electrons. The molecule has 0 saturated carbocycles. The van der Waals surface area contributed by atoms with Crippen molar-refractivity contribution >= 4 is 55.2 Å². The zero-order valence-electron chi connectivity index (χ0n) is 13.9. The van der Waals surface area contributed by atoms with Gasteiger partial charge in [0.15, 0.2) is 16.3 Å². The maximum Gasteiger partial charge on any atom is 0.279 e. The molecule has 2 heterocycles. The van der Waals surface area contributed by atoms with Crippen LogP contribution in [-0.2, 0) is 6.54 Å². The molecule has 0 spiro atoms. The Kier molecular flexibility index (Phi) is 5.06. The molecule has 1 aromatic heterocycles. The molecular weight excluding hydrogens is 436 g/mol. The predicted molar refractivity (Wildman–Crippen MR) is 108 cm³/mol. The van der Waals surface area contributed by atoms with E-state index in [0.717, 1.165) is 27.0 Å². The van der Waals surface area contributed by atoms with E-state index in [9.17, 15) is 4.79 Å². The number of benzene rings is 2. The van der Waals surface area contributed by atoms with Gasteiger partial charge >= 0.3 is 0 Å². The molecule has 0 atom stereocenters. The number of aryl methyl sites for hydroxylation is 1. The van der Waals surface area contributed by atoms with Crippen molar-refractivity contribution in [3.8, 4) is 11.5 Å². The number of fused-ring (bicyclic) bond motifs is 2. The average Bonchev–Trinajstić information content (AvgIpc) is 3.23. The molecule has 134 valence electrons. The van der Waals surface area contributed by atoms with E-state index in [1.807, 2.05) is 6.07 Å². The lowest BCUT2D eigenvalue weighted by Crippen LogP contribution is -2.18. The second kappa shape index (κ2) is 7.46. The Morgan fingerprint density at radius 1 is 1.27 bits per heavy atom. The van der Waals surface area contributed by atoms with Gasteiger partial charge in [-0.1, -0.05) is 27.3 Å². The van der Waals surface area contributed by atoms with Crippen LogP contribution in [0.5, 0.6) is 11.5 Å². The first-order valence-corrected chi connectivity index (χ1v) is 10.9. The van der Waals surface area contributed by atoms with Gasteiger partial charge in [0, 0.05) is 22.3 Å². The summed E-state index contributed by atoms with van der Waals surface area (Å²) in [6.45, 7) is 0.986. The van der Waals surface area contributed by atoms with Crippen LogP contribution in [0.25, 0.3) is 10.2 Å². The number of carbonyl (C=O) groups is 1. The second-order valence-corrected chi connectivity index (χ2v) is 8.54. The van der Waals surface area contributed by atoms with Crippen molar-refractivity contribution in [2.45, 2.75) is 6.54 Å². The largest absolute Gasteiger partial charge is 0.454 e. The number of ether oxygens (including phenoxy) is 2. The lowest BCUT2D eigenvalue weighted by Gasteiger charge is -2.04. The van der Waals surface area contributed by atoms with Crippen LogP contribution in [0.2, 0.25) is 0 Å². The first kappa shape index (κ1) is 17.6. The molecule has 5 nitrogen and oxygen atoms in total. The summed E-state index contributed by atoms with van der Waals surface area (Å²) in [6.07, 6.45) is 2.07. The van der Waals surface area contributed by atoms with Crippen LogP contribution in [0.4, 0.5) is 0 Å². The van der Waals surface area contributed by atoms with E-state index in [1.54, 1.807) is 30.0 Å². The highest BCUT2D eigenvalue weighted by atomic mass is 79.9. The second-order valence-electron chi connectivity index (χ2n) is 5.63. The van der Waals surface area contributed by atoms with Crippen molar-refractivity contribution in [1.29, 1.82) is 0 Å². The summed E-state index contributed by atoms with van der Waals surface area (Å²) in [5.74, 6) is 1.91. The molecule has 1 amide bonds. The van der Waals surface area contributed by atoms with Crippen LogP contribution >= 0.6 is 39.0 Å². The van der Waals surface area contributed by atoms with Crippen LogP contribution in [0.1, 0.15) is 10.4 Å². The van der Waals surface area contributed by atoms with Gasteiger partial charge in [-0.2, -0.15) is 16.8 Å². The van der Waals surface area contributed by atoms with E-state index < -0.39 is 0 Å². The van der Waals surface area contributed by atoms with Gasteiger partial charge in [0.2, 0.25) is 6.79 Å². The van der Waals surface area contributed by atoms with Crippen molar-refractivity contribution in [3.63, 3.8) is 0 Å². The molecule has 1 aliphatic heterocycles. The third-order valence-electron chi connectivity index (χ3n) is 3.98. The fourth-order valence-electron chi connectivity index (χ4n) is 2.71. The number of nitrogens with zero attached hydrogens (tertiary/aromatic N) is 2. The van der Waals surface area contributed by atoms with Gasteiger partial charge in [-0.15, -0.1) is 0 Å². The van der Waals surface area contributed by atoms with Gasteiger partial charge in [0.05, 0.1) is 10.2 Å². The van der Waals surface area contributed by atoms with E-state index in [2.05, 4.69) is 43.9 Å². The highest BCUT2D eigenvalue weighted by Gasteiger charge is 2.16. The third-order valence-corrected chi connectivity index (χ3v) is 6.11. The number of thioether (sulfide) groups is 1. The zero-order chi connectivity index (χ0) is 18.1. The van der Waals surface area contributed by atoms with Crippen molar-refractivity contribution in [2.75, 3.05) is 18.8 Å². The van der Waals surface area contributed by atoms with Crippen molar-refractivity contribution in [1.82, 2.24) is 4.57 Å². The molecule has 8 heteroatoms. The topological polar surface area (TPSA) is 52.8 Å². The van der Waals surface area contributed by atoms with Crippen LogP contribution in [-0.4, -0.2) is 29.3 Å². The lowest BCUT2D eigenvalue weighted by atomic mass is 10.2. The monoisotopic (exact) mass is 450 g/mol. The first-order chi connectivity index (χ1) is 12.7. The maximum absolute atomic E-state index is 12.7. The van der Waals surface area contributed by atoms with E-state index in [4.69, 9.17) is 9.47 Å². The summed E-state index contributed by atoms with van der Waals surface area (Å²) in [5.41, 5.74) is 1.58. The summed E-state index contributed by atoms with van der Waals surface area (Å²) in [7, 11) is 0. The molecule has 26 heavy (non-hydrogen) atoms. The number of carbonyl (C=O) groups excluding carboxylic acids is 1. The van der Waals surface area contributed by atoms with Crippen LogP contribution < -0.4 is 14.3 Å². The van der Waals surface area contributed by atoms with Gasteiger partial charge in [-0.05, 0) is 42.7 Å². The molecule has 0 aliphatic carbocycles.